The van der Waals surface area contributed by atoms with Crippen molar-refractivity contribution in [2.45, 2.75) is 6.54 Å². The van der Waals surface area contributed by atoms with Gasteiger partial charge in [0.15, 0.2) is 5.82 Å². The Hall–Kier alpha value is -1.47. The highest BCUT2D eigenvalue weighted by Gasteiger charge is 2.17. The molecule has 0 radical (unpaired) electrons. The minimum absolute atomic E-state index is 0.117. The van der Waals surface area contributed by atoms with Gasteiger partial charge in [0.2, 0.25) is 11.7 Å². The molecule has 0 fully saturated rings. The molecule has 0 aliphatic carbocycles. The van der Waals surface area contributed by atoms with Crippen LogP contribution >= 0.6 is 15.9 Å². The predicted octanol–water partition coefficient (Wildman–Crippen LogP) is 2.11. The molecule has 7 heteroatoms. The van der Waals surface area contributed by atoms with Crippen molar-refractivity contribution in [2.24, 2.45) is 5.73 Å². The second-order valence-electron chi connectivity index (χ2n) is 3.16. The fourth-order valence-electron chi connectivity index (χ4n) is 1.31. The Kier molecular flexibility index (Phi) is 3.39. The van der Waals surface area contributed by atoms with Gasteiger partial charge in [-0.3, -0.25) is 0 Å². The molecule has 17 heavy (non-hydrogen) atoms. The third-order valence-corrected chi connectivity index (χ3v) is 2.89. The number of benzene rings is 1. The molecular weight excluding hydrogens is 293 g/mol. The van der Waals surface area contributed by atoms with Gasteiger partial charge in [-0.05, 0) is 28.1 Å². The number of hydrogen-bond donors (Lipinski definition) is 1. The van der Waals surface area contributed by atoms with Crippen molar-refractivity contribution in [3.8, 4) is 17.1 Å². The van der Waals surface area contributed by atoms with Gasteiger partial charge in [-0.15, -0.1) is 0 Å². The Labute approximate surface area is 105 Å². The van der Waals surface area contributed by atoms with Gasteiger partial charge in [0.25, 0.3) is 0 Å². The van der Waals surface area contributed by atoms with Gasteiger partial charge in [0, 0.05) is 0 Å². The molecule has 0 aliphatic rings. The molecular formula is C10H9BrFN3O2. The molecule has 0 spiro atoms. The summed E-state index contributed by atoms with van der Waals surface area (Å²) in [5.74, 6) is 0.306. The first-order chi connectivity index (χ1) is 8.17. The van der Waals surface area contributed by atoms with Gasteiger partial charge in [-0.25, -0.2) is 4.39 Å². The van der Waals surface area contributed by atoms with Crippen LogP contribution < -0.4 is 10.5 Å². The van der Waals surface area contributed by atoms with E-state index in [9.17, 15) is 4.39 Å². The van der Waals surface area contributed by atoms with Crippen molar-refractivity contribution in [2.75, 3.05) is 7.11 Å². The molecule has 0 amide bonds. The molecule has 1 aromatic carbocycles. The van der Waals surface area contributed by atoms with Gasteiger partial charge < -0.3 is 15.0 Å². The van der Waals surface area contributed by atoms with Crippen molar-refractivity contribution < 1.29 is 13.7 Å². The smallest absolute Gasteiger partial charge is 0.240 e. The van der Waals surface area contributed by atoms with E-state index in [1.807, 2.05) is 0 Å². The second kappa shape index (κ2) is 4.80. The van der Waals surface area contributed by atoms with Crippen LogP contribution in [0.2, 0.25) is 0 Å². The molecule has 2 aromatic rings. The molecule has 1 heterocycles. The van der Waals surface area contributed by atoms with E-state index in [1.165, 1.54) is 13.2 Å². The molecule has 0 saturated heterocycles. The quantitative estimate of drug-likeness (QED) is 0.940. The zero-order valence-electron chi connectivity index (χ0n) is 8.91. The first-order valence-corrected chi connectivity index (χ1v) is 5.51. The van der Waals surface area contributed by atoms with Gasteiger partial charge >= 0.3 is 0 Å². The SMILES string of the molecule is COc1ccc(-c2noc(CN)n2)c(F)c1Br. The van der Waals surface area contributed by atoms with Crippen LogP contribution in [0.5, 0.6) is 5.75 Å². The maximum Gasteiger partial charge on any atom is 0.240 e. The van der Waals surface area contributed by atoms with E-state index in [0.29, 0.717) is 5.75 Å². The van der Waals surface area contributed by atoms with Crippen LogP contribution in [0.15, 0.2) is 21.1 Å². The Balaban J connectivity index is 2.49. The average Bonchev–Trinajstić information content (AvgIpc) is 2.81. The van der Waals surface area contributed by atoms with Crippen LogP contribution in [-0.4, -0.2) is 17.3 Å². The Morgan fingerprint density at radius 1 is 1.53 bits per heavy atom. The van der Waals surface area contributed by atoms with Crippen molar-refractivity contribution in [1.29, 1.82) is 0 Å². The van der Waals surface area contributed by atoms with E-state index >= 15 is 0 Å². The second-order valence-corrected chi connectivity index (χ2v) is 3.95. The first kappa shape index (κ1) is 12.0. The maximum atomic E-state index is 14.0. The van der Waals surface area contributed by atoms with Crippen molar-refractivity contribution in [1.82, 2.24) is 10.1 Å². The fraction of sp³-hybridized carbons (Fsp3) is 0.200. The lowest BCUT2D eigenvalue weighted by Crippen LogP contribution is -1.96. The molecule has 0 aliphatic heterocycles. The third-order valence-electron chi connectivity index (χ3n) is 2.15. The minimum Gasteiger partial charge on any atom is -0.495 e. The summed E-state index contributed by atoms with van der Waals surface area (Å²) in [5, 5.41) is 3.65. The van der Waals surface area contributed by atoms with E-state index in [4.69, 9.17) is 15.0 Å². The number of rotatable bonds is 3. The molecule has 2 rings (SSSR count). The van der Waals surface area contributed by atoms with Crippen molar-refractivity contribution >= 4 is 15.9 Å². The Morgan fingerprint density at radius 3 is 2.88 bits per heavy atom. The zero-order chi connectivity index (χ0) is 12.4. The lowest BCUT2D eigenvalue weighted by molar-refractivity contribution is 0.380. The summed E-state index contributed by atoms with van der Waals surface area (Å²) in [6.07, 6.45) is 0. The summed E-state index contributed by atoms with van der Waals surface area (Å²) in [5.41, 5.74) is 5.56. The van der Waals surface area contributed by atoms with Crippen LogP contribution in [-0.2, 0) is 6.54 Å². The topological polar surface area (TPSA) is 74.2 Å². The summed E-state index contributed by atoms with van der Waals surface area (Å²) in [6, 6.07) is 3.13. The summed E-state index contributed by atoms with van der Waals surface area (Å²) >= 11 is 3.10. The van der Waals surface area contributed by atoms with Crippen molar-refractivity contribution in [3.05, 3.63) is 28.3 Å². The highest BCUT2D eigenvalue weighted by molar-refractivity contribution is 9.10. The molecule has 90 valence electrons. The lowest BCUT2D eigenvalue weighted by Gasteiger charge is -2.05. The van der Waals surface area contributed by atoms with Crippen LogP contribution in [0.3, 0.4) is 0 Å². The van der Waals surface area contributed by atoms with E-state index in [2.05, 4.69) is 26.1 Å². The molecule has 1 aromatic heterocycles. The van der Waals surface area contributed by atoms with Gasteiger partial charge in [0.05, 0.1) is 23.7 Å². The van der Waals surface area contributed by atoms with E-state index in [0.717, 1.165) is 0 Å². The van der Waals surface area contributed by atoms with E-state index < -0.39 is 5.82 Å². The molecule has 0 unspecified atom stereocenters. The largest absolute Gasteiger partial charge is 0.495 e. The number of nitrogens with two attached hydrogens (primary N) is 1. The monoisotopic (exact) mass is 301 g/mol. The summed E-state index contributed by atoms with van der Waals surface area (Å²) < 4.78 is 24.0. The number of nitrogens with zero attached hydrogens (tertiary/aromatic N) is 2. The number of hydrogen-bond acceptors (Lipinski definition) is 5. The first-order valence-electron chi connectivity index (χ1n) is 4.72. The predicted molar refractivity (Wildman–Crippen MR) is 61.8 cm³/mol. The third kappa shape index (κ3) is 2.16. The van der Waals surface area contributed by atoms with Crippen molar-refractivity contribution in [3.63, 3.8) is 0 Å². The molecule has 0 atom stereocenters. The van der Waals surface area contributed by atoms with Gasteiger partial charge in [0.1, 0.15) is 5.75 Å². The number of ether oxygens (including phenoxy) is 1. The highest BCUT2D eigenvalue weighted by atomic mass is 79.9. The van der Waals surface area contributed by atoms with Crippen LogP contribution in [0.1, 0.15) is 5.89 Å². The number of aromatic nitrogens is 2. The summed E-state index contributed by atoms with van der Waals surface area (Å²) in [4.78, 5) is 3.95. The normalized spacial score (nSPS) is 10.6. The van der Waals surface area contributed by atoms with Crippen LogP contribution in [0.4, 0.5) is 4.39 Å². The zero-order valence-corrected chi connectivity index (χ0v) is 10.5. The van der Waals surface area contributed by atoms with E-state index in [1.54, 1.807) is 6.07 Å². The average molecular weight is 302 g/mol. The fourth-order valence-corrected chi connectivity index (χ4v) is 1.82. The molecule has 2 N–H and O–H groups in total. The molecule has 0 bridgehead atoms. The van der Waals surface area contributed by atoms with Gasteiger partial charge in [-0.1, -0.05) is 5.16 Å². The number of methoxy groups -OCH3 is 1. The Bertz CT molecular complexity index is 544. The molecule has 0 saturated carbocycles. The van der Waals surface area contributed by atoms with Crippen LogP contribution in [0.25, 0.3) is 11.4 Å². The summed E-state index contributed by atoms with van der Waals surface area (Å²) in [6.45, 7) is 0.117. The number of halogens is 2. The van der Waals surface area contributed by atoms with Crippen LogP contribution in [0, 0.1) is 5.82 Å². The Morgan fingerprint density at radius 2 is 2.29 bits per heavy atom. The van der Waals surface area contributed by atoms with Gasteiger partial charge in [-0.2, -0.15) is 4.98 Å². The minimum atomic E-state index is -0.506. The maximum absolute atomic E-state index is 14.0. The van der Waals surface area contributed by atoms with E-state index in [-0.39, 0.29) is 28.3 Å². The highest BCUT2D eigenvalue weighted by Crippen LogP contribution is 2.33. The molecule has 5 nitrogen and oxygen atoms in total. The standard InChI is InChI=1S/C10H9BrFN3O2/c1-16-6-3-2-5(9(12)8(6)11)10-14-7(4-13)17-15-10/h2-3H,4,13H2,1H3. The lowest BCUT2D eigenvalue weighted by atomic mass is 10.2. The summed E-state index contributed by atoms with van der Waals surface area (Å²) in [7, 11) is 1.46.